The van der Waals surface area contributed by atoms with Gasteiger partial charge in [-0.2, -0.15) is 0 Å². The molecule has 0 saturated heterocycles. The van der Waals surface area contributed by atoms with Gasteiger partial charge < -0.3 is 4.90 Å². The lowest BCUT2D eigenvalue weighted by Crippen LogP contribution is -2.26. The lowest BCUT2D eigenvalue weighted by molar-refractivity contribution is -0.114. The quantitative estimate of drug-likeness (QED) is 0.683. The van der Waals surface area contributed by atoms with Crippen LogP contribution in [-0.4, -0.2) is 17.4 Å². The van der Waals surface area contributed by atoms with Crippen LogP contribution in [-0.2, 0) is 11.2 Å². The summed E-state index contributed by atoms with van der Waals surface area (Å²) in [6.07, 6.45) is 5.59. The Bertz CT molecular complexity index is 1010. The smallest absolute Gasteiger partial charge is 0.254 e. The Kier molecular flexibility index (Phi) is 4.50. The molecule has 2 aromatic carbocycles. The van der Waals surface area contributed by atoms with Crippen LogP contribution in [0.3, 0.4) is 0 Å². The number of rotatable bonds is 4. The molecule has 1 amide bonds. The summed E-state index contributed by atoms with van der Waals surface area (Å²) in [6.45, 7) is 0.465. The molecular formula is C22H16F2N2O. The number of hydrogen-bond donors (Lipinski definition) is 0. The van der Waals surface area contributed by atoms with Gasteiger partial charge in [-0.1, -0.05) is 24.3 Å². The zero-order valence-electron chi connectivity index (χ0n) is 14.4. The van der Waals surface area contributed by atoms with Crippen molar-refractivity contribution in [2.45, 2.75) is 6.42 Å². The maximum atomic E-state index is 13.4. The minimum absolute atomic E-state index is 0.114. The summed E-state index contributed by atoms with van der Waals surface area (Å²) < 4.78 is 26.4. The fourth-order valence-corrected chi connectivity index (χ4v) is 3.16. The van der Waals surface area contributed by atoms with Crippen molar-refractivity contribution in [3.8, 4) is 11.1 Å². The van der Waals surface area contributed by atoms with E-state index in [2.05, 4.69) is 4.98 Å². The van der Waals surface area contributed by atoms with Crippen LogP contribution in [0.5, 0.6) is 0 Å². The molecule has 4 rings (SSSR count). The second kappa shape index (κ2) is 7.11. The highest BCUT2D eigenvalue weighted by molar-refractivity contribution is 6.08. The Morgan fingerprint density at radius 1 is 0.889 bits per heavy atom. The molecule has 0 N–H and O–H groups in total. The number of halogens is 2. The molecule has 0 saturated carbocycles. The molecule has 0 aliphatic carbocycles. The predicted molar refractivity (Wildman–Crippen MR) is 100 cm³/mol. The van der Waals surface area contributed by atoms with Gasteiger partial charge in [0.05, 0.1) is 0 Å². The van der Waals surface area contributed by atoms with E-state index in [1.54, 1.807) is 17.3 Å². The Hall–Kier alpha value is -3.34. The number of anilines is 1. The summed E-state index contributed by atoms with van der Waals surface area (Å²) in [4.78, 5) is 18.4. The number of nitrogens with zero attached hydrogens (tertiary/aromatic N) is 2. The average molecular weight is 362 g/mol. The van der Waals surface area contributed by atoms with E-state index in [0.29, 0.717) is 17.7 Å². The van der Waals surface area contributed by atoms with Crippen LogP contribution in [0.25, 0.3) is 11.1 Å². The van der Waals surface area contributed by atoms with Crippen molar-refractivity contribution in [3.05, 3.63) is 95.8 Å². The number of carbonyl (C=O) groups excluding carboxylic acids is 1. The molecule has 3 aromatic rings. The van der Waals surface area contributed by atoms with Gasteiger partial charge >= 0.3 is 0 Å². The van der Waals surface area contributed by atoms with Crippen molar-refractivity contribution in [2.75, 3.05) is 11.4 Å². The molecule has 0 spiro atoms. The van der Waals surface area contributed by atoms with Crippen molar-refractivity contribution in [1.82, 2.24) is 4.98 Å². The SMILES string of the molecule is O=C1C(Cc2ccc(F)c(F)c2)=CCN1c1ccc(-c2ccncc2)cc1. The van der Waals surface area contributed by atoms with E-state index >= 15 is 0 Å². The molecule has 1 aliphatic heterocycles. The van der Waals surface area contributed by atoms with Crippen molar-refractivity contribution < 1.29 is 13.6 Å². The van der Waals surface area contributed by atoms with E-state index in [0.717, 1.165) is 28.9 Å². The minimum atomic E-state index is -0.901. The summed E-state index contributed by atoms with van der Waals surface area (Å²) in [5.74, 6) is -1.90. The Labute approximate surface area is 155 Å². The number of aromatic nitrogens is 1. The predicted octanol–water partition coefficient (Wildman–Crippen LogP) is 4.54. The number of carbonyl (C=O) groups is 1. The van der Waals surface area contributed by atoms with Crippen LogP contribution in [0.1, 0.15) is 5.56 Å². The van der Waals surface area contributed by atoms with Gasteiger partial charge in [-0.3, -0.25) is 9.78 Å². The molecule has 0 radical (unpaired) electrons. The zero-order valence-corrected chi connectivity index (χ0v) is 14.4. The first kappa shape index (κ1) is 17.1. The first-order chi connectivity index (χ1) is 13.1. The first-order valence-corrected chi connectivity index (χ1v) is 8.57. The van der Waals surface area contributed by atoms with Crippen LogP contribution in [0.4, 0.5) is 14.5 Å². The maximum absolute atomic E-state index is 13.4. The lowest BCUT2D eigenvalue weighted by atomic mass is 10.0. The minimum Gasteiger partial charge on any atom is -0.305 e. The van der Waals surface area contributed by atoms with Crippen LogP contribution in [0, 0.1) is 11.6 Å². The highest BCUT2D eigenvalue weighted by atomic mass is 19.2. The topological polar surface area (TPSA) is 33.2 Å². The average Bonchev–Trinajstić information content (AvgIpc) is 3.06. The van der Waals surface area contributed by atoms with Gasteiger partial charge in [0.1, 0.15) is 0 Å². The monoisotopic (exact) mass is 362 g/mol. The molecule has 0 unspecified atom stereocenters. The second-order valence-electron chi connectivity index (χ2n) is 6.35. The Morgan fingerprint density at radius 3 is 2.30 bits per heavy atom. The third-order valence-electron chi connectivity index (χ3n) is 4.61. The van der Waals surface area contributed by atoms with E-state index in [4.69, 9.17) is 0 Å². The molecule has 2 heterocycles. The van der Waals surface area contributed by atoms with Gasteiger partial charge in [0.25, 0.3) is 5.91 Å². The highest BCUT2D eigenvalue weighted by Crippen LogP contribution is 2.27. The van der Waals surface area contributed by atoms with E-state index < -0.39 is 11.6 Å². The molecule has 1 aliphatic rings. The lowest BCUT2D eigenvalue weighted by Gasteiger charge is -2.17. The van der Waals surface area contributed by atoms with Crippen LogP contribution < -0.4 is 4.90 Å². The second-order valence-corrected chi connectivity index (χ2v) is 6.35. The number of amides is 1. The molecule has 0 fully saturated rings. The largest absolute Gasteiger partial charge is 0.305 e. The maximum Gasteiger partial charge on any atom is 0.254 e. The summed E-state index contributed by atoms with van der Waals surface area (Å²) in [5.41, 5.74) is 4.06. The van der Waals surface area contributed by atoms with Gasteiger partial charge in [-0.25, -0.2) is 8.78 Å². The van der Waals surface area contributed by atoms with Gasteiger partial charge in [-0.05, 0) is 53.1 Å². The fourth-order valence-electron chi connectivity index (χ4n) is 3.16. The summed E-state index contributed by atoms with van der Waals surface area (Å²) in [7, 11) is 0. The van der Waals surface area contributed by atoms with Gasteiger partial charge in [0.15, 0.2) is 11.6 Å². The van der Waals surface area contributed by atoms with E-state index in [-0.39, 0.29) is 12.3 Å². The molecule has 3 nitrogen and oxygen atoms in total. The van der Waals surface area contributed by atoms with Gasteiger partial charge in [0, 0.05) is 36.6 Å². The molecule has 0 bridgehead atoms. The van der Waals surface area contributed by atoms with Crippen LogP contribution in [0.2, 0.25) is 0 Å². The normalized spacial score (nSPS) is 13.8. The van der Waals surface area contributed by atoms with Gasteiger partial charge in [-0.15, -0.1) is 0 Å². The Balaban J connectivity index is 1.48. The molecule has 0 atom stereocenters. The summed E-state index contributed by atoms with van der Waals surface area (Å²) >= 11 is 0. The van der Waals surface area contributed by atoms with Gasteiger partial charge in [0.2, 0.25) is 0 Å². The van der Waals surface area contributed by atoms with Crippen LogP contribution >= 0.6 is 0 Å². The molecule has 5 heteroatoms. The Morgan fingerprint density at radius 2 is 1.59 bits per heavy atom. The first-order valence-electron chi connectivity index (χ1n) is 8.57. The summed E-state index contributed by atoms with van der Waals surface area (Å²) in [6, 6.07) is 15.3. The van der Waals surface area contributed by atoms with Crippen LogP contribution in [0.15, 0.2) is 78.6 Å². The molecular weight excluding hydrogens is 346 g/mol. The highest BCUT2D eigenvalue weighted by Gasteiger charge is 2.25. The summed E-state index contributed by atoms with van der Waals surface area (Å²) in [5, 5.41) is 0. The number of pyridine rings is 1. The third-order valence-corrected chi connectivity index (χ3v) is 4.61. The van der Waals surface area contributed by atoms with E-state index in [1.807, 2.05) is 42.5 Å². The molecule has 27 heavy (non-hydrogen) atoms. The molecule has 134 valence electrons. The van der Waals surface area contributed by atoms with Crippen molar-refractivity contribution >= 4 is 11.6 Å². The third kappa shape index (κ3) is 3.49. The fraction of sp³-hybridized carbons (Fsp3) is 0.0909. The number of hydrogen-bond acceptors (Lipinski definition) is 2. The number of benzene rings is 2. The molecule has 1 aromatic heterocycles. The van der Waals surface area contributed by atoms with E-state index in [9.17, 15) is 13.6 Å². The van der Waals surface area contributed by atoms with Crippen molar-refractivity contribution in [1.29, 1.82) is 0 Å². The van der Waals surface area contributed by atoms with Crippen molar-refractivity contribution in [3.63, 3.8) is 0 Å². The standard InChI is InChI=1S/C22H16F2N2O/c23-20-6-1-15(14-21(20)24)13-18-9-12-26(22(18)27)19-4-2-16(3-5-19)17-7-10-25-11-8-17/h1-11,14H,12-13H2. The van der Waals surface area contributed by atoms with Crippen molar-refractivity contribution in [2.24, 2.45) is 0 Å². The van der Waals surface area contributed by atoms with E-state index in [1.165, 1.54) is 6.07 Å². The zero-order chi connectivity index (χ0) is 18.8.